The molecule has 0 aliphatic heterocycles. The van der Waals surface area contributed by atoms with Crippen LogP contribution in [0.1, 0.15) is 24.8 Å². The molecule has 0 spiro atoms. The Hall–Kier alpha value is -1.64. The van der Waals surface area contributed by atoms with Gasteiger partial charge in [0, 0.05) is 12.1 Å². The van der Waals surface area contributed by atoms with Crippen LogP contribution in [-0.2, 0) is 0 Å². The second kappa shape index (κ2) is 3.62. The summed E-state index contributed by atoms with van der Waals surface area (Å²) in [6.07, 6.45) is 5.59. The highest BCUT2D eigenvalue weighted by Crippen LogP contribution is 2.28. The number of nitrogens with zero attached hydrogens (tertiary/aromatic N) is 1. The van der Waals surface area contributed by atoms with Gasteiger partial charge in [0.1, 0.15) is 0 Å². The molecule has 1 aliphatic rings. The molecule has 0 radical (unpaired) electrons. The van der Waals surface area contributed by atoms with Crippen molar-refractivity contribution in [3.05, 3.63) is 45.5 Å². The van der Waals surface area contributed by atoms with Crippen LogP contribution in [0.4, 0.5) is 5.69 Å². The minimum absolute atomic E-state index is 0.165. The third-order valence-electron chi connectivity index (χ3n) is 2.45. The molecule has 14 heavy (non-hydrogen) atoms. The first-order valence-electron chi connectivity index (χ1n) is 4.69. The van der Waals surface area contributed by atoms with E-state index in [9.17, 15) is 10.1 Å². The molecule has 1 fully saturated rings. The number of non-ortho nitro benzene ring substituents is 1. The Morgan fingerprint density at radius 2 is 2.14 bits per heavy atom. The molecule has 0 saturated heterocycles. The lowest BCUT2D eigenvalue weighted by molar-refractivity contribution is -0.384. The molecule has 1 saturated carbocycles. The lowest BCUT2D eigenvalue weighted by atomic mass is 9.91. The maximum Gasteiger partial charge on any atom is 0.270 e. The first-order valence-corrected chi connectivity index (χ1v) is 4.69. The fourth-order valence-corrected chi connectivity index (χ4v) is 1.49. The average Bonchev–Trinajstić information content (AvgIpc) is 2.12. The summed E-state index contributed by atoms with van der Waals surface area (Å²) >= 11 is 0. The number of nitro groups is 1. The fraction of sp³-hybridized carbons (Fsp3) is 0.273. The van der Waals surface area contributed by atoms with E-state index in [-0.39, 0.29) is 10.6 Å². The second-order valence-corrected chi connectivity index (χ2v) is 3.51. The van der Waals surface area contributed by atoms with Crippen LogP contribution >= 0.6 is 0 Å². The molecule has 72 valence electrons. The van der Waals surface area contributed by atoms with E-state index >= 15 is 0 Å². The number of allylic oxidation sites excluding steroid dienone is 1. The lowest BCUT2D eigenvalue weighted by Crippen LogP contribution is -1.96. The SMILES string of the molecule is O=[N+]([O-])c1cccc(C=C2CCC2)c1. The number of benzene rings is 1. The van der Waals surface area contributed by atoms with Crippen LogP contribution < -0.4 is 0 Å². The summed E-state index contributed by atoms with van der Waals surface area (Å²) in [4.78, 5) is 10.1. The highest BCUT2D eigenvalue weighted by atomic mass is 16.6. The summed E-state index contributed by atoms with van der Waals surface area (Å²) in [7, 11) is 0. The normalized spacial score (nSPS) is 14.7. The van der Waals surface area contributed by atoms with Crippen molar-refractivity contribution < 1.29 is 4.92 Å². The Kier molecular flexibility index (Phi) is 2.31. The monoisotopic (exact) mass is 189 g/mol. The lowest BCUT2D eigenvalue weighted by Gasteiger charge is -2.15. The summed E-state index contributed by atoms with van der Waals surface area (Å²) in [5.41, 5.74) is 2.50. The van der Waals surface area contributed by atoms with E-state index in [2.05, 4.69) is 6.08 Å². The van der Waals surface area contributed by atoms with Crippen LogP contribution in [0, 0.1) is 10.1 Å². The predicted molar refractivity (Wildman–Crippen MR) is 54.9 cm³/mol. The maximum atomic E-state index is 10.5. The van der Waals surface area contributed by atoms with E-state index in [0.717, 1.165) is 18.4 Å². The Labute approximate surface area is 82.2 Å². The van der Waals surface area contributed by atoms with Gasteiger partial charge in [-0.05, 0) is 24.8 Å². The van der Waals surface area contributed by atoms with Crippen LogP contribution in [0.15, 0.2) is 29.8 Å². The molecule has 1 aliphatic carbocycles. The molecule has 0 N–H and O–H groups in total. The Bertz CT molecular complexity index is 390. The van der Waals surface area contributed by atoms with E-state index < -0.39 is 0 Å². The number of nitro benzene ring substituents is 1. The fourth-order valence-electron chi connectivity index (χ4n) is 1.49. The topological polar surface area (TPSA) is 43.1 Å². The second-order valence-electron chi connectivity index (χ2n) is 3.51. The summed E-state index contributed by atoms with van der Waals surface area (Å²) in [6.45, 7) is 0. The van der Waals surface area contributed by atoms with Crippen LogP contribution in [-0.4, -0.2) is 4.92 Å². The maximum absolute atomic E-state index is 10.5. The van der Waals surface area contributed by atoms with E-state index in [4.69, 9.17) is 0 Å². The highest BCUT2D eigenvalue weighted by Gasteiger charge is 2.09. The molecule has 3 heteroatoms. The summed E-state index contributed by atoms with van der Waals surface area (Å²) in [6, 6.07) is 6.76. The first-order chi connectivity index (χ1) is 6.75. The van der Waals surface area contributed by atoms with E-state index in [1.54, 1.807) is 12.1 Å². The summed E-state index contributed by atoms with van der Waals surface area (Å²) in [5.74, 6) is 0. The molecule has 2 rings (SSSR count). The Morgan fingerprint density at radius 1 is 1.36 bits per heavy atom. The Morgan fingerprint density at radius 3 is 2.71 bits per heavy atom. The van der Waals surface area contributed by atoms with Crippen molar-refractivity contribution in [1.29, 1.82) is 0 Å². The number of hydrogen-bond donors (Lipinski definition) is 0. The van der Waals surface area contributed by atoms with Crippen LogP contribution in [0.25, 0.3) is 6.08 Å². The smallest absolute Gasteiger partial charge is 0.258 e. The van der Waals surface area contributed by atoms with Crippen LogP contribution in [0.3, 0.4) is 0 Å². The predicted octanol–water partition coefficient (Wildman–Crippen LogP) is 3.16. The van der Waals surface area contributed by atoms with E-state index in [1.165, 1.54) is 18.1 Å². The van der Waals surface area contributed by atoms with Gasteiger partial charge in [-0.3, -0.25) is 10.1 Å². The molecule has 1 aromatic carbocycles. The molecule has 0 atom stereocenters. The molecule has 0 unspecified atom stereocenters. The summed E-state index contributed by atoms with van der Waals surface area (Å²) < 4.78 is 0. The molecule has 0 aromatic heterocycles. The molecule has 3 nitrogen and oxygen atoms in total. The largest absolute Gasteiger partial charge is 0.270 e. The van der Waals surface area contributed by atoms with Crippen molar-refractivity contribution in [2.24, 2.45) is 0 Å². The van der Waals surface area contributed by atoms with E-state index in [1.807, 2.05) is 6.07 Å². The highest BCUT2D eigenvalue weighted by molar-refractivity contribution is 5.57. The zero-order chi connectivity index (χ0) is 9.97. The third-order valence-corrected chi connectivity index (χ3v) is 2.45. The standard InChI is InChI=1S/C11H11NO2/c13-12(14)11-6-2-5-10(8-11)7-9-3-1-4-9/h2,5-8H,1,3-4H2. The van der Waals surface area contributed by atoms with Crippen LogP contribution in [0.5, 0.6) is 0 Å². The van der Waals surface area contributed by atoms with Gasteiger partial charge >= 0.3 is 0 Å². The van der Waals surface area contributed by atoms with E-state index in [0.29, 0.717) is 0 Å². The summed E-state index contributed by atoms with van der Waals surface area (Å²) in [5, 5.41) is 10.5. The first kappa shape index (κ1) is 8.94. The number of hydrogen-bond acceptors (Lipinski definition) is 2. The van der Waals surface area contributed by atoms with Gasteiger partial charge in [-0.15, -0.1) is 0 Å². The van der Waals surface area contributed by atoms with Gasteiger partial charge in [0.15, 0.2) is 0 Å². The van der Waals surface area contributed by atoms with Crippen molar-refractivity contribution in [3.8, 4) is 0 Å². The molecular weight excluding hydrogens is 178 g/mol. The quantitative estimate of drug-likeness (QED) is 0.529. The van der Waals surface area contributed by atoms with Gasteiger partial charge in [0.25, 0.3) is 5.69 Å². The molecule has 0 amide bonds. The van der Waals surface area contributed by atoms with Crippen molar-refractivity contribution in [3.63, 3.8) is 0 Å². The number of rotatable bonds is 2. The molecule has 0 heterocycles. The van der Waals surface area contributed by atoms with Gasteiger partial charge in [-0.25, -0.2) is 0 Å². The van der Waals surface area contributed by atoms with Crippen molar-refractivity contribution >= 4 is 11.8 Å². The van der Waals surface area contributed by atoms with Gasteiger partial charge in [0.2, 0.25) is 0 Å². The zero-order valence-electron chi connectivity index (χ0n) is 7.77. The van der Waals surface area contributed by atoms with Gasteiger partial charge in [-0.2, -0.15) is 0 Å². The zero-order valence-corrected chi connectivity index (χ0v) is 7.77. The molecular formula is C11H11NO2. The molecule has 1 aromatic rings. The Balaban J connectivity index is 2.25. The van der Waals surface area contributed by atoms with Crippen molar-refractivity contribution in [2.75, 3.05) is 0 Å². The third kappa shape index (κ3) is 1.82. The van der Waals surface area contributed by atoms with Gasteiger partial charge in [-0.1, -0.05) is 23.8 Å². The molecule has 0 bridgehead atoms. The van der Waals surface area contributed by atoms with Gasteiger partial charge < -0.3 is 0 Å². The minimum Gasteiger partial charge on any atom is -0.258 e. The van der Waals surface area contributed by atoms with Crippen molar-refractivity contribution in [1.82, 2.24) is 0 Å². The minimum atomic E-state index is -0.358. The van der Waals surface area contributed by atoms with Gasteiger partial charge in [0.05, 0.1) is 4.92 Å². The van der Waals surface area contributed by atoms with Crippen molar-refractivity contribution in [2.45, 2.75) is 19.3 Å². The average molecular weight is 189 g/mol. The van der Waals surface area contributed by atoms with Crippen LogP contribution in [0.2, 0.25) is 0 Å².